The minimum Gasteiger partial charge on any atom is -0.461 e. The van der Waals surface area contributed by atoms with Crippen LogP contribution in [0.1, 0.15) is 56.1 Å². The molecule has 0 saturated carbocycles. The molecule has 0 unspecified atom stereocenters. The van der Waals surface area contributed by atoms with Crippen molar-refractivity contribution in [1.82, 2.24) is 0 Å². The Bertz CT molecular complexity index is 1020. The predicted molar refractivity (Wildman–Crippen MR) is 104 cm³/mol. The van der Waals surface area contributed by atoms with E-state index in [1.807, 2.05) is 0 Å². The van der Waals surface area contributed by atoms with Crippen molar-refractivity contribution in [2.45, 2.75) is 58.2 Å². The molecule has 0 amide bonds. The van der Waals surface area contributed by atoms with Crippen molar-refractivity contribution in [3.63, 3.8) is 0 Å². The molecular formula is C23H18F10O4. The summed E-state index contributed by atoms with van der Waals surface area (Å²) < 4.78 is 142. The lowest BCUT2D eigenvalue weighted by molar-refractivity contribution is -0.146. The summed E-state index contributed by atoms with van der Waals surface area (Å²) in [5, 5.41) is 0. The van der Waals surface area contributed by atoms with Crippen LogP contribution < -0.4 is 0 Å². The summed E-state index contributed by atoms with van der Waals surface area (Å²) >= 11 is 0. The van der Waals surface area contributed by atoms with Crippen molar-refractivity contribution >= 4 is 11.9 Å². The SMILES string of the molecule is O=C(CCCCCCCC(=O)OCc1c(F)c(F)c(F)c(F)c1F)OCc1c(F)c(F)c(F)c(F)c1F. The Morgan fingerprint density at radius 3 is 0.946 bits per heavy atom. The average Bonchev–Trinajstić information content (AvgIpc) is 2.87. The van der Waals surface area contributed by atoms with E-state index >= 15 is 0 Å². The minimum absolute atomic E-state index is 0.223. The van der Waals surface area contributed by atoms with Crippen LogP contribution in [0.2, 0.25) is 0 Å². The molecule has 0 aliphatic heterocycles. The molecule has 0 fully saturated rings. The van der Waals surface area contributed by atoms with Crippen molar-refractivity contribution in [1.29, 1.82) is 0 Å². The number of carbonyl (C=O) groups is 2. The van der Waals surface area contributed by atoms with Gasteiger partial charge in [0.1, 0.15) is 13.2 Å². The van der Waals surface area contributed by atoms with Gasteiger partial charge in [0.2, 0.25) is 11.6 Å². The molecule has 14 heteroatoms. The van der Waals surface area contributed by atoms with Gasteiger partial charge < -0.3 is 9.47 Å². The van der Waals surface area contributed by atoms with E-state index in [0.717, 1.165) is 0 Å². The molecule has 0 bridgehead atoms. The van der Waals surface area contributed by atoms with Gasteiger partial charge in [0.05, 0.1) is 11.1 Å². The molecule has 2 aromatic rings. The van der Waals surface area contributed by atoms with Crippen LogP contribution in [0.4, 0.5) is 43.9 Å². The van der Waals surface area contributed by atoms with Crippen molar-refractivity contribution in [3.05, 3.63) is 69.3 Å². The summed E-state index contributed by atoms with van der Waals surface area (Å²) in [6, 6.07) is 0. The Kier molecular flexibility index (Phi) is 10.7. The maximum Gasteiger partial charge on any atom is 0.306 e. The zero-order chi connectivity index (χ0) is 27.9. The molecule has 0 spiro atoms. The topological polar surface area (TPSA) is 52.6 Å². The molecule has 2 rings (SSSR count). The van der Waals surface area contributed by atoms with Gasteiger partial charge in [-0.1, -0.05) is 19.3 Å². The van der Waals surface area contributed by atoms with E-state index < -0.39 is 94.5 Å². The Hall–Kier alpha value is -3.32. The maximum absolute atomic E-state index is 13.5. The van der Waals surface area contributed by atoms with Crippen LogP contribution >= 0.6 is 0 Å². The lowest BCUT2D eigenvalue weighted by atomic mass is 10.1. The van der Waals surface area contributed by atoms with Crippen molar-refractivity contribution in [3.8, 4) is 0 Å². The minimum atomic E-state index is -2.33. The highest BCUT2D eigenvalue weighted by Crippen LogP contribution is 2.25. The summed E-state index contributed by atoms with van der Waals surface area (Å²) in [7, 11) is 0. The van der Waals surface area contributed by atoms with Gasteiger partial charge in [-0.05, 0) is 12.8 Å². The van der Waals surface area contributed by atoms with Crippen LogP contribution in [-0.2, 0) is 32.3 Å². The van der Waals surface area contributed by atoms with Gasteiger partial charge in [-0.2, -0.15) is 0 Å². The first-order valence-electron chi connectivity index (χ1n) is 10.7. The number of unbranched alkanes of at least 4 members (excludes halogenated alkanes) is 4. The number of esters is 2. The highest BCUT2D eigenvalue weighted by Gasteiger charge is 2.27. The summed E-state index contributed by atoms with van der Waals surface area (Å²) in [5.41, 5.74) is -2.56. The molecule has 204 valence electrons. The third-order valence-electron chi connectivity index (χ3n) is 5.12. The summed E-state index contributed by atoms with van der Waals surface area (Å²) in [6.07, 6.45) is 1.37. The van der Waals surface area contributed by atoms with Gasteiger partial charge in [0.25, 0.3) is 0 Å². The first-order chi connectivity index (χ1) is 17.4. The summed E-state index contributed by atoms with van der Waals surface area (Å²) in [5.74, 6) is -23.6. The summed E-state index contributed by atoms with van der Waals surface area (Å²) in [4.78, 5) is 23.3. The maximum atomic E-state index is 13.5. The van der Waals surface area contributed by atoms with Gasteiger partial charge >= 0.3 is 11.9 Å². The van der Waals surface area contributed by atoms with Crippen LogP contribution in [0.15, 0.2) is 0 Å². The fraction of sp³-hybridized carbons (Fsp3) is 0.391. The number of rotatable bonds is 12. The number of benzene rings is 2. The zero-order valence-electron chi connectivity index (χ0n) is 18.8. The number of hydrogen-bond acceptors (Lipinski definition) is 4. The van der Waals surface area contributed by atoms with E-state index in [-0.39, 0.29) is 25.7 Å². The Balaban J connectivity index is 1.64. The van der Waals surface area contributed by atoms with Crippen LogP contribution in [0.3, 0.4) is 0 Å². The number of carbonyl (C=O) groups excluding carboxylic acids is 2. The molecule has 37 heavy (non-hydrogen) atoms. The second kappa shape index (κ2) is 13.3. The van der Waals surface area contributed by atoms with Gasteiger partial charge in [-0.3, -0.25) is 9.59 Å². The standard InChI is InChI=1S/C23H18F10O4/c24-14-10(15(25)19(29)22(32)18(14)28)8-36-12(34)6-4-2-1-3-5-7-13(35)37-9-11-16(26)20(30)23(33)21(31)17(11)27/h1-9H2. The largest absolute Gasteiger partial charge is 0.461 e. The highest BCUT2D eigenvalue weighted by atomic mass is 19.2. The summed E-state index contributed by atoms with van der Waals surface area (Å²) in [6.45, 7) is -2.31. The molecule has 0 aromatic heterocycles. The van der Waals surface area contributed by atoms with Gasteiger partial charge in [-0.25, -0.2) is 43.9 Å². The molecule has 0 aliphatic carbocycles. The van der Waals surface area contributed by atoms with E-state index in [2.05, 4.69) is 9.47 Å². The van der Waals surface area contributed by atoms with E-state index in [1.165, 1.54) is 0 Å². The predicted octanol–water partition coefficient (Wildman–Crippen LogP) is 6.59. The molecule has 4 nitrogen and oxygen atoms in total. The van der Waals surface area contributed by atoms with Crippen LogP contribution in [0.5, 0.6) is 0 Å². The van der Waals surface area contributed by atoms with E-state index in [0.29, 0.717) is 19.3 Å². The fourth-order valence-electron chi connectivity index (χ4n) is 3.07. The van der Waals surface area contributed by atoms with Crippen LogP contribution in [0, 0.1) is 58.2 Å². The molecule has 2 aromatic carbocycles. The molecule has 0 N–H and O–H groups in total. The molecule has 0 atom stereocenters. The Labute approximate surface area is 203 Å². The molecule has 0 heterocycles. The zero-order valence-corrected chi connectivity index (χ0v) is 18.8. The quantitative estimate of drug-likeness (QED) is 0.0987. The van der Waals surface area contributed by atoms with Gasteiger partial charge in [-0.15, -0.1) is 0 Å². The highest BCUT2D eigenvalue weighted by molar-refractivity contribution is 5.69. The first kappa shape index (κ1) is 29.9. The van der Waals surface area contributed by atoms with E-state index in [1.54, 1.807) is 0 Å². The van der Waals surface area contributed by atoms with Gasteiger partial charge in [0, 0.05) is 12.8 Å². The molecule has 0 radical (unpaired) electrons. The number of ether oxygens (including phenoxy) is 2. The lowest BCUT2D eigenvalue weighted by Crippen LogP contribution is -2.11. The second-order valence-corrected chi connectivity index (χ2v) is 7.69. The van der Waals surface area contributed by atoms with Crippen LogP contribution in [0.25, 0.3) is 0 Å². The van der Waals surface area contributed by atoms with E-state index in [9.17, 15) is 53.5 Å². The third kappa shape index (κ3) is 7.35. The molecule has 0 saturated heterocycles. The third-order valence-corrected chi connectivity index (χ3v) is 5.12. The second-order valence-electron chi connectivity index (χ2n) is 7.69. The van der Waals surface area contributed by atoms with Crippen molar-refractivity contribution in [2.24, 2.45) is 0 Å². The molecule has 0 aliphatic rings. The van der Waals surface area contributed by atoms with Crippen molar-refractivity contribution < 1.29 is 63.0 Å². The van der Waals surface area contributed by atoms with Crippen molar-refractivity contribution in [2.75, 3.05) is 0 Å². The Morgan fingerprint density at radius 2 is 0.649 bits per heavy atom. The smallest absolute Gasteiger partial charge is 0.306 e. The fourth-order valence-corrected chi connectivity index (χ4v) is 3.07. The average molecular weight is 548 g/mol. The number of hydrogen-bond donors (Lipinski definition) is 0. The molecular weight excluding hydrogens is 530 g/mol. The monoisotopic (exact) mass is 548 g/mol. The Morgan fingerprint density at radius 1 is 0.405 bits per heavy atom. The first-order valence-corrected chi connectivity index (χ1v) is 10.7. The van der Waals surface area contributed by atoms with E-state index in [4.69, 9.17) is 0 Å². The van der Waals surface area contributed by atoms with Crippen LogP contribution in [-0.4, -0.2) is 11.9 Å². The normalized spacial score (nSPS) is 11.1. The number of halogens is 10. The lowest BCUT2D eigenvalue weighted by Gasteiger charge is -2.09. The van der Waals surface area contributed by atoms with Gasteiger partial charge in [0.15, 0.2) is 46.5 Å².